The zero-order valence-electron chi connectivity index (χ0n) is 11.3. The molecule has 0 aliphatic heterocycles. The molecule has 1 aromatic carbocycles. The fourth-order valence-electron chi connectivity index (χ4n) is 2.24. The van der Waals surface area contributed by atoms with Gasteiger partial charge in [-0.25, -0.2) is 0 Å². The quantitative estimate of drug-likeness (QED) is 0.881. The molecule has 4 nitrogen and oxygen atoms in total. The van der Waals surface area contributed by atoms with Crippen molar-refractivity contribution in [2.45, 2.75) is 19.4 Å². The molecule has 2 atom stereocenters. The smallest absolute Gasteiger partial charge is 0.0873 e. The first-order chi connectivity index (χ1) is 8.65. The van der Waals surface area contributed by atoms with Crippen molar-refractivity contribution in [1.29, 1.82) is 0 Å². The van der Waals surface area contributed by atoms with E-state index in [1.807, 2.05) is 23.9 Å². The number of fused-ring (bicyclic) bond motifs is 1. The van der Waals surface area contributed by atoms with Gasteiger partial charge in [0.25, 0.3) is 0 Å². The Morgan fingerprint density at radius 3 is 2.83 bits per heavy atom. The van der Waals surface area contributed by atoms with Gasteiger partial charge in [0.1, 0.15) is 0 Å². The van der Waals surface area contributed by atoms with E-state index in [2.05, 4.69) is 24.2 Å². The zero-order chi connectivity index (χ0) is 13.1. The maximum absolute atomic E-state index is 6.33. The zero-order valence-corrected chi connectivity index (χ0v) is 11.3. The van der Waals surface area contributed by atoms with Gasteiger partial charge in [-0.3, -0.25) is 4.68 Å². The van der Waals surface area contributed by atoms with Gasteiger partial charge >= 0.3 is 0 Å². The third-order valence-corrected chi connectivity index (χ3v) is 3.49. The van der Waals surface area contributed by atoms with Crippen molar-refractivity contribution in [1.82, 2.24) is 9.78 Å². The average molecular weight is 247 g/mol. The van der Waals surface area contributed by atoms with Crippen molar-refractivity contribution in [2.75, 3.05) is 13.7 Å². The second-order valence-corrected chi connectivity index (χ2v) is 4.81. The van der Waals surface area contributed by atoms with E-state index < -0.39 is 0 Å². The lowest BCUT2D eigenvalue weighted by Crippen LogP contribution is -2.21. The number of nitrogens with two attached hydrogens (primary N) is 1. The molecule has 4 heteroatoms. The van der Waals surface area contributed by atoms with Crippen molar-refractivity contribution in [3.63, 3.8) is 0 Å². The standard InChI is InChI=1S/C14H21N3O/c1-10(8-9-18-3)13(15)14-11-6-4-5-7-12(11)17(2)16-14/h4-7,10,13H,8-9,15H2,1-3H3. The Morgan fingerprint density at radius 1 is 1.39 bits per heavy atom. The van der Waals surface area contributed by atoms with Crippen molar-refractivity contribution in [3.8, 4) is 0 Å². The fraction of sp³-hybridized carbons (Fsp3) is 0.500. The van der Waals surface area contributed by atoms with Crippen molar-refractivity contribution < 1.29 is 4.74 Å². The molecule has 2 aromatic rings. The number of rotatable bonds is 5. The predicted octanol–water partition coefficient (Wildman–Crippen LogP) is 2.25. The predicted molar refractivity (Wildman–Crippen MR) is 73.3 cm³/mol. The Bertz CT molecular complexity index is 521. The van der Waals surface area contributed by atoms with Gasteiger partial charge in [0.05, 0.1) is 17.3 Å². The lowest BCUT2D eigenvalue weighted by atomic mass is 9.95. The summed E-state index contributed by atoms with van der Waals surface area (Å²) < 4.78 is 7.01. The second-order valence-electron chi connectivity index (χ2n) is 4.81. The maximum Gasteiger partial charge on any atom is 0.0873 e. The van der Waals surface area contributed by atoms with E-state index in [0.29, 0.717) is 5.92 Å². The number of ether oxygens (including phenoxy) is 1. The van der Waals surface area contributed by atoms with Gasteiger partial charge in [0.2, 0.25) is 0 Å². The van der Waals surface area contributed by atoms with Crippen molar-refractivity contribution >= 4 is 10.9 Å². The number of methoxy groups -OCH3 is 1. The van der Waals surface area contributed by atoms with Crippen LogP contribution in [0.2, 0.25) is 0 Å². The van der Waals surface area contributed by atoms with Crippen LogP contribution >= 0.6 is 0 Å². The minimum atomic E-state index is -0.0498. The van der Waals surface area contributed by atoms with Crippen molar-refractivity contribution in [2.24, 2.45) is 18.7 Å². The number of hydrogen-bond acceptors (Lipinski definition) is 3. The summed E-state index contributed by atoms with van der Waals surface area (Å²) in [6.07, 6.45) is 0.947. The third kappa shape index (κ3) is 2.40. The van der Waals surface area contributed by atoms with E-state index in [-0.39, 0.29) is 6.04 Å². The number of nitrogens with zero attached hydrogens (tertiary/aromatic N) is 2. The molecule has 0 saturated carbocycles. The molecule has 0 radical (unpaired) electrons. The van der Waals surface area contributed by atoms with E-state index in [1.54, 1.807) is 7.11 Å². The summed E-state index contributed by atoms with van der Waals surface area (Å²) >= 11 is 0. The molecule has 1 heterocycles. The molecule has 0 spiro atoms. The van der Waals surface area contributed by atoms with Crippen LogP contribution in [-0.2, 0) is 11.8 Å². The SMILES string of the molecule is COCCC(C)C(N)c1nn(C)c2ccccc12. The van der Waals surface area contributed by atoms with E-state index >= 15 is 0 Å². The fourth-order valence-corrected chi connectivity index (χ4v) is 2.24. The molecule has 0 saturated heterocycles. The summed E-state index contributed by atoms with van der Waals surface area (Å²) in [5.41, 5.74) is 8.44. The van der Waals surface area contributed by atoms with Gasteiger partial charge in [0, 0.05) is 26.2 Å². The molecule has 0 fully saturated rings. The summed E-state index contributed by atoms with van der Waals surface area (Å²) in [7, 11) is 3.67. The van der Waals surface area contributed by atoms with Gasteiger partial charge in [-0.05, 0) is 18.4 Å². The van der Waals surface area contributed by atoms with E-state index in [9.17, 15) is 0 Å². The molecule has 18 heavy (non-hydrogen) atoms. The van der Waals surface area contributed by atoms with E-state index in [4.69, 9.17) is 10.5 Å². The van der Waals surface area contributed by atoms with Gasteiger partial charge in [0.15, 0.2) is 0 Å². The Morgan fingerprint density at radius 2 is 2.11 bits per heavy atom. The first kappa shape index (κ1) is 13.1. The van der Waals surface area contributed by atoms with Gasteiger partial charge in [-0.1, -0.05) is 25.1 Å². The Labute approximate surface area is 108 Å². The van der Waals surface area contributed by atoms with Crippen LogP contribution in [0.5, 0.6) is 0 Å². The van der Waals surface area contributed by atoms with Crippen LogP contribution in [0.25, 0.3) is 10.9 Å². The summed E-state index contributed by atoms with van der Waals surface area (Å²) in [6, 6.07) is 8.15. The normalized spacial score (nSPS) is 14.9. The van der Waals surface area contributed by atoms with Crippen LogP contribution in [0.3, 0.4) is 0 Å². The Kier molecular flexibility index (Phi) is 3.99. The highest BCUT2D eigenvalue weighted by Crippen LogP contribution is 2.27. The molecular formula is C14H21N3O. The van der Waals surface area contributed by atoms with Gasteiger partial charge in [-0.15, -0.1) is 0 Å². The topological polar surface area (TPSA) is 53.1 Å². The maximum atomic E-state index is 6.33. The molecule has 0 bridgehead atoms. The molecule has 0 aliphatic rings. The van der Waals surface area contributed by atoms with Crippen molar-refractivity contribution in [3.05, 3.63) is 30.0 Å². The third-order valence-electron chi connectivity index (χ3n) is 3.49. The first-order valence-corrected chi connectivity index (χ1v) is 6.31. The molecule has 0 aliphatic carbocycles. The summed E-state index contributed by atoms with van der Waals surface area (Å²) in [5.74, 6) is 0.350. The van der Waals surface area contributed by atoms with E-state index in [1.165, 1.54) is 0 Å². The lowest BCUT2D eigenvalue weighted by Gasteiger charge is -2.18. The average Bonchev–Trinajstić information content (AvgIpc) is 2.73. The number of benzene rings is 1. The van der Waals surface area contributed by atoms with E-state index in [0.717, 1.165) is 29.6 Å². The van der Waals surface area contributed by atoms with Crippen LogP contribution in [0, 0.1) is 5.92 Å². The van der Waals surface area contributed by atoms with Crippen LogP contribution in [-0.4, -0.2) is 23.5 Å². The van der Waals surface area contributed by atoms with Gasteiger partial charge < -0.3 is 10.5 Å². The first-order valence-electron chi connectivity index (χ1n) is 6.31. The Hall–Kier alpha value is -1.39. The molecular weight excluding hydrogens is 226 g/mol. The highest BCUT2D eigenvalue weighted by molar-refractivity contribution is 5.82. The summed E-state index contributed by atoms with van der Waals surface area (Å²) in [6.45, 7) is 2.88. The molecule has 98 valence electrons. The van der Waals surface area contributed by atoms with Crippen LogP contribution < -0.4 is 5.73 Å². The minimum Gasteiger partial charge on any atom is -0.385 e. The highest BCUT2D eigenvalue weighted by Gasteiger charge is 2.20. The number of aryl methyl sites for hydroxylation is 1. The van der Waals surface area contributed by atoms with Crippen LogP contribution in [0.4, 0.5) is 0 Å². The number of aromatic nitrogens is 2. The summed E-state index contributed by atoms with van der Waals surface area (Å²) in [5, 5.41) is 5.72. The largest absolute Gasteiger partial charge is 0.385 e. The molecule has 1 aromatic heterocycles. The van der Waals surface area contributed by atoms with Gasteiger partial charge in [-0.2, -0.15) is 5.10 Å². The Balaban J connectivity index is 2.30. The van der Waals surface area contributed by atoms with Crippen LogP contribution in [0.1, 0.15) is 25.1 Å². The monoisotopic (exact) mass is 247 g/mol. The highest BCUT2D eigenvalue weighted by atomic mass is 16.5. The second kappa shape index (κ2) is 5.50. The number of hydrogen-bond donors (Lipinski definition) is 1. The minimum absolute atomic E-state index is 0.0498. The number of para-hydroxylation sites is 1. The van der Waals surface area contributed by atoms with Crippen LogP contribution in [0.15, 0.2) is 24.3 Å². The molecule has 2 rings (SSSR count). The molecule has 2 N–H and O–H groups in total. The summed E-state index contributed by atoms with van der Waals surface area (Å²) in [4.78, 5) is 0. The molecule has 0 amide bonds. The lowest BCUT2D eigenvalue weighted by molar-refractivity contribution is 0.174. The molecule has 2 unspecified atom stereocenters.